The lowest BCUT2D eigenvalue weighted by Crippen LogP contribution is -2.34. The predicted molar refractivity (Wildman–Crippen MR) is 94.9 cm³/mol. The van der Waals surface area contributed by atoms with E-state index in [9.17, 15) is 9.59 Å². The van der Waals surface area contributed by atoms with Gasteiger partial charge in [0.25, 0.3) is 5.91 Å². The van der Waals surface area contributed by atoms with E-state index in [1.807, 2.05) is 31.4 Å². The number of aromatic nitrogens is 1. The Kier molecular flexibility index (Phi) is 6.49. The van der Waals surface area contributed by atoms with Crippen molar-refractivity contribution in [3.05, 3.63) is 40.9 Å². The summed E-state index contributed by atoms with van der Waals surface area (Å²) in [5.41, 5.74) is 2.97. The monoisotopic (exact) mass is 346 g/mol. The zero-order valence-electron chi connectivity index (χ0n) is 14.2. The molecule has 2 rings (SSSR count). The maximum atomic E-state index is 11.8. The molecule has 1 aromatic heterocycles. The van der Waals surface area contributed by atoms with Crippen LogP contribution in [0.15, 0.2) is 29.6 Å². The topological polar surface area (TPSA) is 68.3 Å². The van der Waals surface area contributed by atoms with Crippen LogP contribution in [0.4, 0.5) is 0 Å². The summed E-state index contributed by atoms with van der Waals surface area (Å²) in [7, 11) is 0. The number of nitrogens with zero attached hydrogens (tertiary/aromatic N) is 1. The van der Waals surface area contributed by atoms with Crippen LogP contribution in [0.2, 0.25) is 0 Å². The number of hydrogen-bond donors (Lipinski definition) is 1. The number of nitrogens with one attached hydrogen (secondary N) is 1. The van der Waals surface area contributed by atoms with Crippen LogP contribution in [-0.2, 0) is 27.2 Å². The van der Waals surface area contributed by atoms with Crippen molar-refractivity contribution in [3.8, 4) is 10.6 Å². The fourth-order valence-corrected chi connectivity index (χ4v) is 2.94. The van der Waals surface area contributed by atoms with Crippen molar-refractivity contribution in [2.75, 3.05) is 6.61 Å². The van der Waals surface area contributed by atoms with Gasteiger partial charge in [-0.3, -0.25) is 9.59 Å². The van der Waals surface area contributed by atoms with Crippen molar-refractivity contribution in [2.24, 2.45) is 0 Å². The first-order valence-electron chi connectivity index (χ1n) is 7.96. The molecule has 0 unspecified atom stereocenters. The summed E-state index contributed by atoms with van der Waals surface area (Å²) < 4.78 is 4.97. The van der Waals surface area contributed by atoms with E-state index in [4.69, 9.17) is 4.74 Å². The summed E-state index contributed by atoms with van der Waals surface area (Å²) in [6.45, 7) is 5.56. The molecule has 1 aromatic carbocycles. The van der Waals surface area contributed by atoms with Crippen molar-refractivity contribution < 1.29 is 14.3 Å². The van der Waals surface area contributed by atoms with Gasteiger partial charge in [-0.1, -0.05) is 31.2 Å². The highest BCUT2D eigenvalue weighted by molar-refractivity contribution is 7.13. The van der Waals surface area contributed by atoms with Gasteiger partial charge < -0.3 is 10.1 Å². The maximum Gasteiger partial charge on any atom is 0.312 e. The molecule has 5 nitrogen and oxygen atoms in total. The van der Waals surface area contributed by atoms with E-state index in [0.717, 1.165) is 17.0 Å². The number of esters is 1. The molecule has 0 aliphatic carbocycles. The number of amides is 1. The number of hydrogen-bond acceptors (Lipinski definition) is 5. The molecular weight excluding hydrogens is 324 g/mol. The van der Waals surface area contributed by atoms with E-state index in [2.05, 4.69) is 29.4 Å². The van der Waals surface area contributed by atoms with E-state index < -0.39 is 5.97 Å². The van der Waals surface area contributed by atoms with Crippen LogP contribution in [0.5, 0.6) is 0 Å². The molecule has 0 radical (unpaired) electrons. The zero-order valence-corrected chi connectivity index (χ0v) is 15.0. The molecule has 0 aliphatic heterocycles. The second-order valence-electron chi connectivity index (χ2n) is 5.75. The fourth-order valence-electron chi connectivity index (χ4n) is 2.11. The summed E-state index contributed by atoms with van der Waals surface area (Å²) in [5.74, 6) is -0.750. The third-order valence-electron chi connectivity index (χ3n) is 3.30. The van der Waals surface area contributed by atoms with Crippen molar-refractivity contribution in [1.82, 2.24) is 10.3 Å². The molecule has 1 N–H and O–H groups in total. The van der Waals surface area contributed by atoms with E-state index >= 15 is 0 Å². The summed E-state index contributed by atoms with van der Waals surface area (Å²) in [4.78, 5) is 27.7. The van der Waals surface area contributed by atoms with Crippen LogP contribution in [0.25, 0.3) is 10.6 Å². The van der Waals surface area contributed by atoms with E-state index in [1.165, 1.54) is 16.9 Å². The molecule has 0 spiro atoms. The Bertz CT molecular complexity index is 693. The van der Waals surface area contributed by atoms with Crippen molar-refractivity contribution in [2.45, 2.75) is 39.7 Å². The van der Waals surface area contributed by atoms with Gasteiger partial charge in [-0.2, -0.15) is 0 Å². The Morgan fingerprint density at radius 1 is 1.25 bits per heavy atom. The number of aryl methyl sites for hydroxylation is 1. The number of rotatable bonds is 7. The third kappa shape index (κ3) is 5.45. The van der Waals surface area contributed by atoms with Crippen molar-refractivity contribution in [1.29, 1.82) is 0 Å². The fraction of sp³-hybridized carbons (Fsp3) is 0.389. The third-order valence-corrected chi connectivity index (χ3v) is 4.24. The average molecular weight is 346 g/mol. The van der Waals surface area contributed by atoms with Gasteiger partial charge in [-0.15, -0.1) is 11.3 Å². The first-order chi connectivity index (χ1) is 11.5. The molecular formula is C18H22N2O3S. The summed E-state index contributed by atoms with van der Waals surface area (Å²) >= 11 is 1.49. The number of benzene rings is 1. The summed E-state index contributed by atoms with van der Waals surface area (Å²) in [6.07, 6.45) is 1.07. The minimum Gasteiger partial charge on any atom is -0.455 e. The van der Waals surface area contributed by atoms with Crippen LogP contribution < -0.4 is 5.32 Å². The Morgan fingerprint density at radius 2 is 1.96 bits per heavy atom. The van der Waals surface area contributed by atoms with Crippen LogP contribution in [-0.4, -0.2) is 29.5 Å². The molecule has 0 atom stereocenters. The Balaban J connectivity index is 1.88. The smallest absolute Gasteiger partial charge is 0.312 e. The molecule has 1 heterocycles. The molecule has 6 heteroatoms. The average Bonchev–Trinajstić information content (AvgIpc) is 3.01. The number of thiazole rings is 1. The Morgan fingerprint density at radius 3 is 2.58 bits per heavy atom. The predicted octanol–water partition coefficient (Wildman–Crippen LogP) is 2.98. The SMILES string of the molecule is CCc1ccc(-c2nc(CC(=O)OCC(=O)NC(C)C)cs2)cc1. The van der Waals surface area contributed by atoms with Crippen LogP contribution in [0.3, 0.4) is 0 Å². The van der Waals surface area contributed by atoms with E-state index in [0.29, 0.717) is 5.69 Å². The van der Waals surface area contributed by atoms with Gasteiger partial charge in [-0.25, -0.2) is 4.98 Å². The first kappa shape index (κ1) is 18.1. The van der Waals surface area contributed by atoms with Gasteiger partial charge in [-0.05, 0) is 25.8 Å². The van der Waals surface area contributed by atoms with Crippen molar-refractivity contribution >= 4 is 23.2 Å². The van der Waals surface area contributed by atoms with Crippen LogP contribution in [0, 0.1) is 0 Å². The van der Waals surface area contributed by atoms with E-state index in [1.54, 1.807) is 0 Å². The number of carbonyl (C=O) groups excluding carboxylic acids is 2. The van der Waals surface area contributed by atoms with Crippen LogP contribution in [0.1, 0.15) is 32.0 Å². The van der Waals surface area contributed by atoms with Gasteiger partial charge in [0.1, 0.15) is 5.01 Å². The van der Waals surface area contributed by atoms with Crippen molar-refractivity contribution in [3.63, 3.8) is 0 Å². The minimum absolute atomic E-state index is 0.0244. The lowest BCUT2D eigenvalue weighted by Gasteiger charge is -2.08. The minimum atomic E-state index is -0.452. The van der Waals surface area contributed by atoms with E-state index in [-0.39, 0.29) is 25.0 Å². The normalized spacial score (nSPS) is 10.7. The summed E-state index contributed by atoms with van der Waals surface area (Å²) in [6, 6.07) is 8.26. The molecule has 0 aliphatic rings. The molecule has 0 bridgehead atoms. The maximum absolute atomic E-state index is 11.8. The second-order valence-corrected chi connectivity index (χ2v) is 6.61. The lowest BCUT2D eigenvalue weighted by atomic mass is 10.1. The molecule has 0 saturated heterocycles. The Labute approximate surface area is 146 Å². The molecule has 0 saturated carbocycles. The standard InChI is InChI=1S/C18H22N2O3S/c1-4-13-5-7-14(8-6-13)18-20-15(11-24-18)9-17(22)23-10-16(21)19-12(2)3/h5-8,11-12H,4,9-10H2,1-3H3,(H,19,21). The Hall–Kier alpha value is -2.21. The summed E-state index contributed by atoms with van der Waals surface area (Å²) in [5, 5.41) is 5.39. The first-order valence-corrected chi connectivity index (χ1v) is 8.84. The number of carbonyl (C=O) groups is 2. The highest BCUT2D eigenvalue weighted by Gasteiger charge is 2.12. The van der Waals surface area contributed by atoms with Gasteiger partial charge >= 0.3 is 5.97 Å². The lowest BCUT2D eigenvalue weighted by molar-refractivity contribution is -0.148. The zero-order chi connectivity index (χ0) is 17.5. The van der Waals surface area contributed by atoms with Gasteiger partial charge in [0.05, 0.1) is 12.1 Å². The molecule has 2 aromatic rings. The van der Waals surface area contributed by atoms with Gasteiger partial charge in [0, 0.05) is 17.0 Å². The molecule has 128 valence electrons. The van der Waals surface area contributed by atoms with Crippen LogP contribution >= 0.6 is 11.3 Å². The molecule has 24 heavy (non-hydrogen) atoms. The second kappa shape index (κ2) is 8.59. The quantitative estimate of drug-likeness (QED) is 0.783. The molecule has 0 fully saturated rings. The van der Waals surface area contributed by atoms with Gasteiger partial charge in [0.2, 0.25) is 0 Å². The number of ether oxygens (including phenoxy) is 1. The van der Waals surface area contributed by atoms with Gasteiger partial charge in [0.15, 0.2) is 6.61 Å². The molecule has 1 amide bonds. The highest BCUT2D eigenvalue weighted by atomic mass is 32.1. The largest absolute Gasteiger partial charge is 0.455 e. The highest BCUT2D eigenvalue weighted by Crippen LogP contribution is 2.24.